The normalized spacial score (nSPS) is 16.8. The third kappa shape index (κ3) is 5.91. The number of nitrogens with one attached hydrogen (secondary N) is 1. The minimum absolute atomic E-state index is 0. The number of carbonyl (C=O) groups is 1. The van der Waals surface area contributed by atoms with Crippen molar-refractivity contribution in [2.75, 3.05) is 13.6 Å². The van der Waals surface area contributed by atoms with Crippen molar-refractivity contribution in [3.05, 3.63) is 29.8 Å². The summed E-state index contributed by atoms with van der Waals surface area (Å²) in [5.41, 5.74) is 6.23. The number of rotatable bonds is 7. The van der Waals surface area contributed by atoms with E-state index in [0.717, 1.165) is 12.8 Å². The predicted octanol–water partition coefficient (Wildman–Crippen LogP) is 2.77. The first-order valence-electron chi connectivity index (χ1n) is 9.36. The number of sulfonamides is 1. The molecule has 1 saturated carbocycles. The van der Waals surface area contributed by atoms with Gasteiger partial charge >= 0.3 is 0 Å². The molecule has 0 saturated heterocycles. The lowest BCUT2D eigenvalue weighted by molar-refractivity contribution is 0.0915. The zero-order chi connectivity index (χ0) is 19.3. The summed E-state index contributed by atoms with van der Waals surface area (Å²) in [6.45, 7) is 4.01. The molecule has 1 aromatic rings. The lowest BCUT2D eigenvalue weighted by Gasteiger charge is -2.30. The van der Waals surface area contributed by atoms with Crippen LogP contribution in [-0.2, 0) is 10.0 Å². The van der Waals surface area contributed by atoms with Crippen LogP contribution in [0.2, 0.25) is 0 Å². The van der Waals surface area contributed by atoms with Gasteiger partial charge in [-0.1, -0.05) is 25.3 Å². The summed E-state index contributed by atoms with van der Waals surface area (Å²) in [4.78, 5) is 12.8. The van der Waals surface area contributed by atoms with Crippen LogP contribution in [0, 0.1) is 5.92 Å². The van der Waals surface area contributed by atoms with Crippen LogP contribution >= 0.6 is 12.4 Å². The van der Waals surface area contributed by atoms with E-state index in [-0.39, 0.29) is 35.3 Å². The standard InChI is InChI=1S/C19H31N3O3S.ClH/c1-14(2)22(3)26(24,25)17-11-7-10-16(12-17)19(23)21-18(13-20)15-8-5-4-6-9-15;/h7,10-12,14-15,18H,4-6,8-9,13,20H2,1-3H3,(H,21,23);1H. The molecule has 1 aliphatic carbocycles. The summed E-state index contributed by atoms with van der Waals surface area (Å²) < 4.78 is 26.6. The van der Waals surface area contributed by atoms with Crippen molar-refractivity contribution in [3.63, 3.8) is 0 Å². The van der Waals surface area contributed by atoms with Crippen LogP contribution in [0.25, 0.3) is 0 Å². The second-order valence-corrected chi connectivity index (χ2v) is 9.35. The molecule has 1 aliphatic rings. The van der Waals surface area contributed by atoms with Crippen molar-refractivity contribution in [1.29, 1.82) is 0 Å². The Morgan fingerprint density at radius 2 is 1.89 bits per heavy atom. The molecule has 1 fully saturated rings. The number of amides is 1. The summed E-state index contributed by atoms with van der Waals surface area (Å²) in [5.74, 6) is 0.131. The highest BCUT2D eigenvalue weighted by Gasteiger charge is 2.26. The molecule has 27 heavy (non-hydrogen) atoms. The third-order valence-corrected chi connectivity index (χ3v) is 7.32. The molecule has 1 atom stereocenters. The number of hydrogen-bond acceptors (Lipinski definition) is 4. The Bertz CT molecular complexity index is 719. The van der Waals surface area contributed by atoms with Crippen LogP contribution < -0.4 is 11.1 Å². The summed E-state index contributed by atoms with van der Waals surface area (Å²) in [6, 6.07) is 5.98. The lowest BCUT2D eigenvalue weighted by atomic mass is 9.84. The molecule has 3 N–H and O–H groups in total. The van der Waals surface area contributed by atoms with Crippen LogP contribution in [0.5, 0.6) is 0 Å². The summed E-state index contributed by atoms with van der Waals surface area (Å²) in [6.07, 6.45) is 5.75. The van der Waals surface area contributed by atoms with E-state index in [1.807, 2.05) is 13.8 Å². The smallest absolute Gasteiger partial charge is 0.251 e. The molecule has 8 heteroatoms. The average molecular weight is 418 g/mol. The molecule has 0 spiro atoms. The molecular weight excluding hydrogens is 386 g/mol. The fourth-order valence-electron chi connectivity index (χ4n) is 3.40. The van der Waals surface area contributed by atoms with Crippen LogP contribution in [0.1, 0.15) is 56.3 Å². The van der Waals surface area contributed by atoms with Gasteiger partial charge in [0, 0.05) is 31.2 Å². The van der Waals surface area contributed by atoms with Crippen molar-refractivity contribution >= 4 is 28.3 Å². The van der Waals surface area contributed by atoms with Gasteiger partial charge in [0.2, 0.25) is 10.0 Å². The highest BCUT2D eigenvalue weighted by atomic mass is 35.5. The van der Waals surface area contributed by atoms with Crippen molar-refractivity contribution in [2.45, 2.75) is 62.9 Å². The van der Waals surface area contributed by atoms with Gasteiger partial charge in [-0.15, -0.1) is 12.4 Å². The number of hydrogen-bond donors (Lipinski definition) is 2. The van der Waals surface area contributed by atoms with Gasteiger partial charge in [0.1, 0.15) is 0 Å². The summed E-state index contributed by atoms with van der Waals surface area (Å²) in [7, 11) is -2.08. The van der Waals surface area contributed by atoms with Crippen molar-refractivity contribution < 1.29 is 13.2 Å². The maximum absolute atomic E-state index is 12.7. The van der Waals surface area contributed by atoms with Gasteiger partial charge in [-0.05, 0) is 50.8 Å². The molecule has 1 unspecified atom stereocenters. The summed E-state index contributed by atoms with van der Waals surface area (Å²) >= 11 is 0. The van der Waals surface area contributed by atoms with E-state index in [1.165, 1.54) is 35.7 Å². The van der Waals surface area contributed by atoms with Gasteiger partial charge in [0.05, 0.1) is 4.90 Å². The largest absolute Gasteiger partial charge is 0.348 e. The molecule has 0 aromatic heterocycles. The van der Waals surface area contributed by atoms with Crippen LogP contribution in [0.3, 0.4) is 0 Å². The van der Waals surface area contributed by atoms with Gasteiger partial charge in [-0.25, -0.2) is 8.42 Å². The van der Waals surface area contributed by atoms with E-state index in [1.54, 1.807) is 19.2 Å². The van der Waals surface area contributed by atoms with E-state index in [0.29, 0.717) is 18.0 Å². The highest BCUT2D eigenvalue weighted by Crippen LogP contribution is 2.26. The van der Waals surface area contributed by atoms with Gasteiger partial charge < -0.3 is 11.1 Å². The Kier molecular flexibility index (Phi) is 9.21. The second kappa shape index (κ2) is 10.4. The Morgan fingerprint density at radius 1 is 1.26 bits per heavy atom. The Labute approximate surface area is 169 Å². The predicted molar refractivity (Wildman–Crippen MR) is 111 cm³/mol. The molecule has 0 heterocycles. The molecule has 1 amide bonds. The number of benzene rings is 1. The van der Waals surface area contributed by atoms with Crippen molar-refractivity contribution in [2.24, 2.45) is 11.7 Å². The molecular formula is C19H32ClN3O3S. The molecule has 2 rings (SSSR count). The fraction of sp³-hybridized carbons (Fsp3) is 0.632. The minimum atomic E-state index is -3.62. The Hall–Kier alpha value is -1.15. The molecule has 0 bridgehead atoms. The minimum Gasteiger partial charge on any atom is -0.348 e. The third-order valence-electron chi connectivity index (χ3n) is 5.29. The van der Waals surface area contributed by atoms with E-state index >= 15 is 0 Å². The van der Waals surface area contributed by atoms with Crippen molar-refractivity contribution in [1.82, 2.24) is 9.62 Å². The van der Waals surface area contributed by atoms with E-state index < -0.39 is 10.0 Å². The number of carbonyl (C=O) groups excluding carboxylic acids is 1. The SMILES string of the molecule is CC(C)N(C)S(=O)(=O)c1cccc(C(=O)NC(CN)C2CCCCC2)c1.Cl. The topological polar surface area (TPSA) is 92.5 Å². The zero-order valence-corrected chi connectivity index (χ0v) is 18.0. The average Bonchev–Trinajstić information content (AvgIpc) is 2.65. The molecule has 6 nitrogen and oxygen atoms in total. The van der Waals surface area contributed by atoms with E-state index in [9.17, 15) is 13.2 Å². The monoisotopic (exact) mass is 417 g/mol. The molecule has 0 radical (unpaired) electrons. The van der Waals surface area contributed by atoms with Gasteiger partial charge in [0.25, 0.3) is 5.91 Å². The Balaban J connectivity index is 0.00000364. The first kappa shape index (κ1) is 23.9. The number of halogens is 1. The molecule has 0 aliphatic heterocycles. The Morgan fingerprint density at radius 3 is 2.44 bits per heavy atom. The van der Waals surface area contributed by atoms with Gasteiger partial charge in [-0.2, -0.15) is 4.31 Å². The van der Waals surface area contributed by atoms with Gasteiger partial charge in [0.15, 0.2) is 0 Å². The van der Waals surface area contributed by atoms with E-state index in [4.69, 9.17) is 5.73 Å². The zero-order valence-electron chi connectivity index (χ0n) is 16.3. The molecule has 154 valence electrons. The quantitative estimate of drug-likeness (QED) is 0.713. The maximum Gasteiger partial charge on any atom is 0.251 e. The van der Waals surface area contributed by atoms with Crippen molar-refractivity contribution in [3.8, 4) is 0 Å². The first-order valence-corrected chi connectivity index (χ1v) is 10.8. The maximum atomic E-state index is 12.7. The highest BCUT2D eigenvalue weighted by molar-refractivity contribution is 7.89. The van der Waals surface area contributed by atoms with E-state index in [2.05, 4.69) is 5.32 Å². The van der Waals surface area contributed by atoms with Gasteiger partial charge in [-0.3, -0.25) is 4.79 Å². The second-order valence-electron chi connectivity index (χ2n) is 7.36. The van der Waals surface area contributed by atoms with Crippen LogP contribution in [0.15, 0.2) is 29.2 Å². The lowest BCUT2D eigenvalue weighted by Crippen LogP contribution is -2.46. The number of nitrogens with zero attached hydrogens (tertiary/aromatic N) is 1. The van der Waals surface area contributed by atoms with Crippen LogP contribution in [0.4, 0.5) is 0 Å². The summed E-state index contributed by atoms with van der Waals surface area (Å²) in [5, 5.41) is 3.01. The fourth-order valence-corrected chi connectivity index (χ4v) is 4.81. The van der Waals surface area contributed by atoms with Crippen LogP contribution in [-0.4, -0.2) is 44.3 Å². The number of nitrogens with two attached hydrogens (primary N) is 1. The molecule has 1 aromatic carbocycles. The first-order chi connectivity index (χ1) is 12.3.